The van der Waals surface area contributed by atoms with Gasteiger partial charge in [0.2, 0.25) is 11.1 Å². The van der Waals surface area contributed by atoms with Crippen LogP contribution in [0.5, 0.6) is 0 Å². The summed E-state index contributed by atoms with van der Waals surface area (Å²) in [6.45, 7) is 1.15. The first kappa shape index (κ1) is 18.5. The summed E-state index contributed by atoms with van der Waals surface area (Å²) in [6.07, 6.45) is 1.66. The largest absolute Gasteiger partial charge is 0.341 e. The molecule has 1 atom stereocenters. The molecule has 4 rings (SSSR count). The molecule has 0 aliphatic carbocycles. The van der Waals surface area contributed by atoms with Crippen LogP contribution in [-0.4, -0.2) is 28.7 Å². The highest BCUT2D eigenvalue weighted by Gasteiger charge is 2.26. The van der Waals surface area contributed by atoms with E-state index in [9.17, 15) is 18.8 Å². The van der Waals surface area contributed by atoms with Crippen molar-refractivity contribution >= 4 is 27.5 Å². The second-order valence-electron chi connectivity index (χ2n) is 6.79. The third-order valence-electron chi connectivity index (χ3n) is 4.89. The zero-order valence-electron chi connectivity index (χ0n) is 14.9. The van der Waals surface area contributed by atoms with E-state index in [-0.39, 0.29) is 28.8 Å². The van der Waals surface area contributed by atoms with Gasteiger partial charge in [-0.15, -0.1) is 0 Å². The summed E-state index contributed by atoms with van der Waals surface area (Å²) in [5, 5.41) is 8.29. The first-order valence-electron chi connectivity index (χ1n) is 8.86. The van der Waals surface area contributed by atoms with Gasteiger partial charge in [0, 0.05) is 19.1 Å². The number of nitriles is 1. The number of nitrogens with zero attached hydrogens (tertiary/aromatic N) is 4. The number of hydrogen-bond acceptors (Lipinski definition) is 6. The highest BCUT2D eigenvalue weighted by Crippen LogP contribution is 2.28. The standard InChI is InChI=1S/C19H17F2N5OS/c20-14-15-16(28-17(14)21)18(27)26(9-12-5-2-1-4-11(12)8-22)19(24-15)25-7-3-6-13(23)10-25/h1-2,4-5,13H,3,6-7,9-10,23H2. The second kappa shape index (κ2) is 7.30. The van der Waals surface area contributed by atoms with Crippen molar-refractivity contribution < 1.29 is 8.78 Å². The fraction of sp³-hybridized carbons (Fsp3) is 0.316. The fourth-order valence-electron chi connectivity index (χ4n) is 3.51. The quantitative estimate of drug-likeness (QED) is 0.729. The summed E-state index contributed by atoms with van der Waals surface area (Å²) in [4.78, 5) is 19.2. The van der Waals surface area contributed by atoms with Crippen LogP contribution in [0.3, 0.4) is 0 Å². The van der Waals surface area contributed by atoms with Crippen molar-refractivity contribution in [2.45, 2.75) is 25.4 Å². The number of hydrogen-bond donors (Lipinski definition) is 1. The number of halogens is 2. The third kappa shape index (κ3) is 3.15. The number of benzene rings is 1. The minimum Gasteiger partial charge on any atom is -0.341 e. The van der Waals surface area contributed by atoms with E-state index in [4.69, 9.17) is 5.73 Å². The van der Waals surface area contributed by atoms with E-state index < -0.39 is 16.5 Å². The summed E-state index contributed by atoms with van der Waals surface area (Å²) in [7, 11) is 0. The van der Waals surface area contributed by atoms with Crippen LogP contribution in [0, 0.1) is 22.3 Å². The molecule has 9 heteroatoms. The Balaban J connectivity index is 1.92. The zero-order chi connectivity index (χ0) is 19.8. The topological polar surface area (TPSA) is 87.9 Å². The molecule has 6 nitrogen and oxygen atoms in total. The number of piperidine rings is 1. The van der Waals surface area contributed by atoms with E-state index in [1.165, 1.54) is 4.57 Å². The SMILES string of the molecule is N#Cc1ccccc1Cn1c(N2CCCC(N)C2)nc2c(F)c(F)sc2c1=O. The number of thiophene rings is 1. The number of fused-ring (bicyclic) bond motifs is 1. The number of rotatable bonds is 3. The highest BCUT2D eigenvalue weighted by molar-refractivity contribution is 7.17. The number of aromatic nitrogens is 2. The first-order valence-corrected chi connectivity index (χ1v) is 9.68. The van der Waals surface area contributed by atoms with Crippen LogP contribution in [0.2, 0.25) is 0 Å². The Hall–Kier alpha value is -2.83. The lowest BCUT2D eigenvalue weighted by molar-refractivity contribution is 0.491. The van der Waals surface area contributed by atoms with Gasteiger partial charge in [0.15, 0.2) is 5.82 Å². The van der Waals surface area contributed by atoms with Crippen molar-refractivity contribution in [2.75, 3.05) is 18.0 Å². The molecule has 1 fully saturated rings. The Labute approximate surface area is 163 Å². The zero-order valence-corrected chi connectivity index (χ0v) is 15.7. The molecule has 0 saturated carbocycles. The number of anilines is 1. The summed E-state index contributed by atoms with van der Waals surface area (Å²) >= 11 is 0.450. The lowest BCUT2D eigenvalue weighted by atomic mass is 10.1. The van der Waals surface area contributed by atoms with E-state index in [1.54, 1.807) is 24.3 Å². The minimum atomic E-state index is -1.11. The maximum Gasteiger partial charge on any atom is 0.273 e. The van der Waals surface area contributed by atoms with Crippen molar-refractivity contribution in [3.63, 3.8) is 0 Å². The van der Waals surface area contributed by atoms with Crippen LogP contribution >= 0.6 is 11.3 Å². The van der Waals surface area contributed by atoms with Crippen molar-refractivity contribution in [1.29, 1.82) is 5.26 Å². The molecular formula is C19H17F2N5OS. The van der Waals surface area contributed by atoms with Crippen LogP contribution < -0.4 is 16.2 Å². The van der Waals surface area contributed by atoms with Gasteiger partial charge in [-0.25, -0.2) is 9.37 Å². The molecular weight excluding hydrogens is 384 g/mol. The Morgan fingerprint density at radius 1 is 1.36 bits per heavy atom. The van der Waals surface area contributed by atoms with E-state index in [0.29, 0.717) is 35.6 Å². The van der Waals surface area contributed by atoms with Crippen molar-refractivity contribution in [3.05, 3.63) is 56.7 Å². The summed E-state index contributed by atoms with van der Waals surface area (Å²) < 4.78 is 29.3. The number of nitrogens with two attached hydrogens (primary N) is 1. The molecule has 2 aromatic heterocycles. The lowest BCUT2D eigenvalue weighted by Gasteiger charge is -2.33. The molecule has 1 unspecified atom stereocenters. The van der Waals surface area contributed by atoms with Crippen LogP contribution in [0.4, 0.5) is 14.7 Å². The fourth-order valence-corrected chi connectivity index (χ4v) is 4.30. The first-order chi connectivity index (χ1) is 13.5. The van der Waals surface area contributed by atoms with Crippen LogP contribution in [0.1, 0.15) is 24.0 Å². The minimum absolute atomic E-state index is 0.0745. The third-order valence-corrected chi connectivity index (χ3v) is 5.82. The van der Waals surface area contributed by atoms with Crippen LogP contribution in [0.15, 0.2) is 29.1 Å². The maximum absolute atomic E-state index is 14.2. The molecule has 28 heavy (non-hydrogen) atoms. The lowest BCUT2D eigenvalue weighted by Crippen LogP contribution is -2.45. The van der Waals surface area contributed by atoms with Gasteiger partial charge in [0.1, 0.15) is 10.2 Å². The van der Waals surface area contributed by atoms with Crippen molar-refractivity contribution in [3.8, 4) is 6.07 Å². The highest BCUT2D eigenvalue weighted by atomic mass is 32.1. The molecule has 144 valence electrons. The average Bonchev–Trinajstić information content (AvgIpc) is 2.99. The van der Waals surface area contributed by atoms with Crippen molar-refractivity contribution in [1.82, 2.24) is 9.55 Å². The predicted molar refractivity (Wildman–Crippen MR) is 103 cm³/mol. The monoisotopic (exact) mass is 401 g/mol. The molecule has 1 aromatic carbocycles. The van der Waals surface area contributed by atoms with Gasteiger partial charge in [-0.2, -0.15) is 9.65 Å². The maximum atomic E-state index is 14.2. The normalized spacial score (nSPS) is 17.1. The molecule has 0 spiro atoms. The van der Waals surface area contributed by atoms with E-state index in [0.717, 1.165) is 12.8 Å². The summed E-state index contributed by atoms with van der Waals surface area (Å²) in [6, 6.07) is 8.93. The van der Waals surface area contributed by atoms with Crippen LogP contribution in [0.25, 0.3) is 10.2 Å². The summed E-state index contributed by atoms with van der Waals surface area (Å²) in [5.41, 5.74) is 6.34. The average molecular weight is 401 g/mol. The molecule has 2 N–H and O–H groups in total. The second-order valence-corrected chi connectivity index (χ2v) is 7.76. The molecule has 1 aliphatic heterocycles. The van der Waals surface area contributed by atoms with Crippen LogP contribution in [-0.2, 0) is 6.54 Å². The Bertz CT molecular complexity index is 1150. The Morgan fingerprint density at radius 3 is 2.89 bits per heavy atom. The molecule has 1 saturated heterocycles. The van der Waals surface area contributed by atoms with Gasteiger partial charge in [-0.05, 0) is 24.5 Å². The van der Waals surface area contributed by atoms with E-state index in [2.05, 4.69) is 11.1 Å². The van der Waals surface area contributed by atoms with Gasteiger partial charge < -0.3 is 10.6 Å². The van der Waals surface area contributed by atoms with E-state index in [1.807, 2.05) is 4.90 Å². The van der Waals surface area contributed by atoms with Crippen molar-refractivity contribution in [2.24, 2.45) is 5.73 Å². The van der Waals surface area contributed by atoms with E-state index >= 15 is 0 Å². The van der Waals surface area contributed by atoms with Gasteiger partial charge in [-0.3, -0.25) is 9.36 Å². The Morgan fingerprint density at radius 2 is 2.14 bits per heavy atom. The Kier molecular flexibility index (Phi) is 4.83. The molecule has 0 bridgehead atoms. The molecule has 0 amide bonds. The molecule has 3 aromatic rings. The molecule has 1 aliphatic rings. The van der Waals surface area contributed by atoms with Gasteiger partial charge in [-0.1, -0.05) is 29.5 Å². The van der Waals surface area contributed by atoms with Gasteiger partial charge in [0.25, 0.3) is 5.56 Å². The van der Waals surface area contributed by atoms with Gasteiger partial charge >= 0.3 is 0 Å². The molecule has 0 radical (unpaired) electrons. The summed E-state index contributed by atoms with van der Waals surface area (Å²) in [5.74, 6) is -0.860. The smallest absolute Gasteiger partial charge is 0.273 e. The predicted octanol–water partition coefficient (Wildman–Crippen LogP) is 2.58. The van der Waals surface area contributed by atoms with Gasteiger partial charge in [0.05, 0.1) is 18.2 Å². The molecule has 3 heterocycles.